The summed E-state index contributed by atoms with van der Waals surface area (Å²) in [5.74, 6) is -0.117. The van der Waals surface area contributed by atoms with Gasteiger partial charge < -0.3 is 15.0 Å². The third-order valence-corrected chi connectivity index (χ3v) is 6.97. The van der Waals surface area contributed by atoms with Crippen molar-refractivity contribution in [3.8, 4) is 5.75 Å². The van der Waals surface area contributed by atoms with E-state index in [0.717, 1.165) is 0 Å². The highest BCUT2D eigenvalue weighted by Gasteiger charge is 2.32. The Hall–Kier alpha value is -2.62. The molecule has 0 aromatic heterocycles. The van der Waals surface area contributed by atoms with Crippen molar-refractivity contribution in [1.82, 2.24) is 14.5 Å². The fourth-order valence-electron chi connectivity index (χ4n) is 3.21. The molecule has 0 bridgehead atoms. The number of sulfonamides is 1. The molecule has 0 saturated carbocycles. The molecule has 166 valence electrons. The van der Waals surface area contributed by atoms with Crippen LogP contribution in [0.2, 0.25) is 5.02 Å². The number of rotatable bonds is 7. The van der Waals surface area contributed by atoms with E-state index in [2.05, 4.69) is 5.32 Å². The third-order valence-electron chi connectivity index (χ3n) is 4.85. The van der Waals surface area contributed by atoms with E-state index in [-0.39, 0.29) is 43.6 Å². The molecular formula is C21H24ClN3O5S. The molecule has 1 saturated heterocycles. The fourth-order valence-corrected chi connectivity index (χ4v) is 4.93. The number of piperazine rings is 1. The van der Waals surface area contributed by atoms with Crippen molar-refractivity contribution in [3.05, 3.63) is 59.6 Å². The quantitative estimate of drug-likeness (QED) is 0.672. The average Bonchev–Trinajstić information content (AvgIpc) is 2.78. The molecule has 0 spiro atoms. The number of para-hydroxylation sites is 1. The number of hydrogen-bond acceptors (Lipinski definition) is 5. The molecular weight excluding hydrogens is 442 g/mol. The maximum Gasteiger partial charge on any atom is 0.258 e. The molecule has 2 amide bonds. The Morgan fingerprint density at radius 2 is 1.74 bits per heavy atom. The highest BCUT2D eigenvalue weighted by Crippen LogP contribution is 2.21. The van der Waals surface area contributed by atoms with Gasteiger partial charge in [-0.3, -0.25) is 9.59 Å². The number of carbonyl (C=O) groups excluding carboxylic acids is 2. The van der Waals surface area contributed by atoms with Crippen molar-refractivity contribution in [2.45, 2.75) is 17.9 Å². The van der Waals surface area contributed by atoms with Crippen LogP contribution in [-0.4, -0.2) is 68.3 Å². The Morgan fingerprint density at radius 3 is 2.39 bits per heavy atom. The predicted octanol–water partition coefficient (Wildman–Crippen LogP) is 1.76. The average molecular weight is 466 g/mol. The lowest BCUT2D eigenvalue weighted by Crippen LogP contribution is -2.55. The summed E-state index contributed by atoms with van der Waals surface area (Å²) < 4.78 is 32.3. The predicted molar refractivity (Wildman–Crippen MR) is 116 cm³/mol. The van der Waals surface area contributed by atoms with Crippen molar-refractivity contribution in [1.29, 1.82) is 0 Å². The van der Waals surface area contributed by atoms with Gasteiger partial charge in [0.05, 0.1) is 4.90 Å². The van der Waals surface area contributed by atoms with E-state index < -0.39 is 22.0 Å². The molecule has 31 heavy (non-hydrogen) atoms. The fraction of sp³-hybridized carbons (Fsp3) is 0.333. The molecule has 2 aromatic carbocycles. The van der Waals surface area contributed by atoms with Crippen LogP contribution in [0.5, 0.6) is 5.75 Å². The van der Waals surface area contributed by atoms with Crippen LogP contribution in [0.1, 0.15) is 6.92 Å². The van der Waals surface area contributed by atoms with Gasteiger partial charge in [-0.1, -0.05) is 35.9 Å². The van der Waals surface area contributed by atoms with Crippen molar-refractivity contribution < 1.29 is 22.7 Å². The Morgan fingerprint density at radius 1 is 1.06 bits per heavy atom. The maximum atomic E-state index is 12.8. The number of nitrogens with zero attached hydrogens (tertiary/aromatic N) is 2. The monoisotopic (exact) mass is 465 g/mol. The first kappa shape index (κ1) is 23.1. The van der Waals surface area contributed by atoms with Gasteiger partial charge in [-0.25, -0.2) is 8.42 Å². The van der Waals surface area contributed by atoms with Gasteiger partial charge >= 0.3 is 0 Å². The molecule has 2 aromatic rings. The van der Waals surface area contributed by atoms with Crippen LogP contribution in [-0.2, 0) is 19.6 Å². The summed E-state index contributed by atoms with van der Waals surface area (Å²) >= 11 is 5.91. The molecule has 0 radical (unpaired) electrons. The SMILES string of the molecule is CC(NC(=O)COc1ccccc1)C(=O)N1CCN(S(=O)(=O)c2cccc(Cl)c2)CC1. The summed E-state index contributed by atoms with van der Waals surface area (Å²) in [6, 6.07) is 14.3. The van der Waals surface area contributed by atoms with Crippen LogP contribution in [0.15, 0.2) is 59.5 Å². The first-order chi connectivity index (χ1) is 14.8. The molecule has 1 heterocycles. The van der Waals surface area contributed by atoms with Crippen LogP contribution in [0, 0.1) is 0 Å². The maximum absolute atomic E-state index is 12.8. The summed E-state index contributed by atoms with van der Waals surface area (Å²) in [4.78, 5) is 26.4. The molecule has 8 nitrogen and oxygen atoms in total. The van der Waals surface area contributed by atoms with Crippen LogP contribution < -0.4 is 10.1 Å². The van der Waals surface area contributed by atoms with E-state index in [0.29, 0.717) is 10.8 Å². The molecule has 1 aliphatic heterocycles. The normalized spacial score (nSPS) is 15.9. The summed E-state index contributed by atoms with van der Waals surface area (Å²) in [5, 5.41) is 2.96. The number of amides is 2. The van der Waals surface area contributed by atoms with Gasteiger partial charge in [-0.15, -0.1) is 0 Å². The second kappa shape index (κ2) is 10.1. The lowest BCUT2D eigenvalue weighted by molar-refractivity contribution is -0.137. The Balaban J connectivity index is 1.49. The molecule has 3 rings (SSSR count). The molecule has 1 aliphatic rings. The largest absolute Gasteiger partial charge is 0.484 e. The zero-order chi connectivity index (χ0) is 22.4. The number of benzene rings is 2. The van der Waals surface area contributed by atoms with E-state index in [4.69, 9.17) is 16.3 Å². The van der Waals surface area contributed by atoms with Crippen molar-refractivity contribution >= 4 is 33.4 Å². The number of halogens is 1. The third kappa shape index (κ3) is 5.96. The molecule has 1 fully saturated rings. The van der Waals surface area contributed by atoms with Crippen molar-refractivity contribution in [2.24, 2.45) is 0 Å². The zero-order valence-corrected chi connectivity index (χ0v) is 18.6. The van der Waals surface area contributed by atoms with E-state index in [9.17, 15) is 18.0 Å². The molecule has 10 heteroatoms. The highest BCUT2D eigenvalue weighted by atomic mass is 35.5. The summed E-state index contributed by atoms with van der Waals surface area (Å²) in [6.07, 6.45) is 0. The van der Waals surface area contributed by atoms with E-state index in [1.165, 1.54) is 16.4 Å². The minimum atomic E-state index is -3.68. The van der Waals surface area contributed by atoms with Crippen LogP contribution in [0.25, 0.3) is 0 Å². The molecule has 1 atom stereocenters. The zero-order valence-electron chi connectivity index (χ0n) is 17.0. The Labute approximate surface area is 186 Å². The summed E-state index contributed by atoms with van der Waals surface area (Å²) in [5.41, 5.74) is 0. The first-order valence-corrected chi connectivity index (χ1v) is 11.6. The van der Waals surface area contributed by atoms with Gasteiger partial charge in [0.15, 0.2) is 6.61 Å². The second-order valence-electron chi connectivity index (χ2n) is 7.08. The van der Waals surface area contributed by atoms with E-state index in [1.807, 2.05) is 6.07 Å². The van der Waals surface area contributed by atoms with Crippen LogP contribution in [0.3, 0.4) is 0 Å². The summed E-state index contributed by atoms with van der Waals surface area (Å²) in [6.45, 7) is 2.20. The second-order valence-corrected chi connectivity index (χ2v) is 9.45. The van der Waals surface area contributed by atoms with Gasteiger partial charge in [0.2, 0.25) is 15.9 Å². The number of carbonyl (C=O) groups is 2. The standard InChI is InChI=1S/C21H24ClN3O5S/c1-16(23-20(26)15-30-18-7-3-2-4-8-18)21(27)24-10-12-25(13-11-24)31(28,29)19-9-5-6-17(22)14-19/h2-9,14,16H,10-13,15H2,1H3,(H,23,26). The number of nitrogens with one attached hydrogen (secondary N) is 1. The lowest BCUT2D eigenvalue weighted by Gasteiger charge is -2.35. The van der Waals surface area contributed by atoms with Crippen LogP contribution >= 0.6 is 11.6 Å². The molecule has 1 N–H and O–H groups in total. The van der Waals surface area contributed by atoms with Crippen LogP contribution in [0.4, 0.5) is 0 Å². The van der Waals surface area contributed by atoms with Gasteiger partial charge in [0.1, 0.15) is 11.8 Å². The van der Waals surface area contributed by atoms with Crippen molar-refractivity contribution in [3.63, 3.8) is 0 Å². The van der Waals surface area contributed by atoms with Gasteiger partial charge in [0.25, 0.3) is 5.91 Å². The first-order valence-electron chi connectivity index (χ1n) is 9.79. The molecule has 1 unspecified atom stereocenters. The minimum Gasteiger partial charge on any atom is -0.484 e. The van der Waals surface area contributed by atoms with Gasteiger partial charge in [0, 0.05) is 31.2 Å². The molecule has 0 aliphatic carbocycles. The Bertz CT molecular complexity index is 1020. The smallest absolute Gasteiger partial charge is 0.258 e. The Kier molecular flexibility index (Phi) is 7.53. The highest BCUT2D eigenvalue weighted by molar-refractivity contribution is 7.89. The van der Waals surface area contributed by atoms with E-state index in [1.54, 1.807) is 48.2 Å². The van der Waals surface area contributed by atoms with E-state index >= 15 is 0 Å². The number of ether oxygens (including phenoxy) is 1. The van der Waals surface area contributed by atoms with Crippen molar-refractivity contribution in [2.75, 3.05) is 32.8 Å². The van der Waals surface area contributed by atoms with Gasteiger partial charge in [-0.05, 0) is 37.3 Å². The topological polar surface area (TPSA) is 96.0 Å². The minimum absolute atomic E-state index is 0.124. The number of hydrogen-bond donors (Lipinski definition) is 1. The van der Waals surface area contributed by atoms with Gasteiger partial charge in [-0.2, -0.15) is 4.31 Å². The summed E-state index contributed by atoms with van der Waals surface area (Å²) in [7, 11) is -3.68. The lowest BCUT2D eigenvalue weighted by atomic mass is 10.2.